The molecule has 0 atom stereocenters. The van der Waals surface area contributed by atoms with E-state index in [2.05, 4.69) is 13.8 Å². The number of hydrogen-bond donors (Lipinski definition) is 0. The maximum absolute atomic E-state index is 5.86. The Morgan fingerprint density at radius 2 is 1.57 bits per heavy atom. The maximum atomic E-state index is 5.86. The zero-order valence-corrected chi connectivity index (χ0v) is 11.7. The summed E-state index contributed by atoms with van der Waals surface area (Å²) >= 11 is 5.70. The van der Waals surface area contributed by atoms with Crippen LogP contribution >= 0.6 is 11.6 Å². The second-order valence-electron chi connectivity index (χ2n) is 4.03. The third-order valence-corrected chi connectivity index (χ3v) is 8.08. The van der Waals surface area contributed by atoms with Crippen LogP contribution in [0.5, 0.6) is 0 Å². The molecule has 0 unspecified atom stereocenters. The van der Waals surface area contributed by atoms with Gasteiger partial charge in [0.15, 0.2) is 8.32 Å². The molecule has 0 heterocycles. The van der Waals surface area contributed by atoms with E-state index in [1.807, 2.05) is 7.11 Å². The van der Waals surface area contributed by atoms with Crippen LogP contribution in [0, 0.1) is 0 Å². The lowest BCUT2D eigenvalue weighted by atomic mass is 10.4. The molecule has 14 heavy (non-hydrogen) atoms. The molecule has 1 nitrogen and oxygen atoms in total. The van der Waals surface area contributed by atoms with Gasteiger partial charge in [-0.2, -0.15) is 0 Å². The molecule has 0 aromatic rings. The van der Waals surface area contributed by atoms with Crippen molar-refractivity contribution in [2.45, 2.75) is 57.7 Å². The van der Waals surface area contributed by atoms with Crippen LogP contribution in [0.25, 0.3) is 0 Å². The Hall–Kier alpha value is 0.467. The lowest BCUT2D eigenvalue weighted by Gasteiger charge is -2.29. The Morgan fingerprint density at radius 3 is 1.93 bits per heavy atom. The quantitative estimate of drug-likeness (QED) is 0.327. The van der Waals surface area contributed by atoms with E-state index in [0.717, 1.165) is 12.3 Å². The van der Waals surface area contributed by atoms with Gasteiger partial charge in [-0.1, -0.05) is 33.1 Å². The molecule has 0 amide bonds. The molecule has 0 aliphatic heterocycles. The van der Waals surface area contributed by atoms with Crippen LogP contribution in [0.4, 0.5) is 0 Å². The lowest BCUT2D eigenvalue weighted by Crippen LogP contribution is -2.36. The summed E-state index contributed by atoms with van der Waals surface area (Å²) in [4.78, 5) is 0. The van der Waals surface area contributed by atoms with Gasteiger partial charge in [0.2, 0.25) is 0 Å². The van der Waals surface area contributed by atoms with Gasteiger partial charge in [0, 0.05) is 13.0 Å². The third kappa shape index (κ3) is 5.37. The molecule has 0 fully saturated rings. The first-order valence-electron chi connectivity index (χ1n) is 5.85. The number of rotatable bonds is 9. The molecule has 0 radical (unpaired) electrons. The molecule has 0 aliphatic carbocycles. The predicted octanol–water partition coefficient (Wildman–Crippen LogP) is 4.42. The fourth-order valence-corrected chi connectivity index (χ4v) is 6.40. The van der Waals surface area contributed by atoms with Gasteiger partial charge in [-0.15, -0.1) is 11.6 Å². The number of unbranched alkanes of at least 4 members (excludes halogenated alkanes) is 1. The van der Waals surface area contributed by atoms with Crippen LogP contribution in [0.1, 0.15) is 39.5 Å². The Bertz CT molecular complexity index is 124. The van der Waals surface area contributed by atoms with Crippen molar-refractivity contribution in [1.29, 1.82) is 0 Å². The van der Waals surface area contributed by atoms with Gasteiger partial charge in [-0.25, -0.2) is 0 Å². The van der Waals surface area contributed by atoms with Crippen LogP contribution in [-0.4, -0.2) is 21.3 Å². The molecule has 0 saturated carbocycles. The van der Waals surface area contributed by atoms with Crippen LogP contribution < -0.4 is 0 Å². The van der Waals surface area contributed by atoms with Crippen LogP contribution in [0.3, 0.4) is 0 Å². The highest BCUT2D eigenvalue weighted by Gasteiger charge is 2.30. The fourth-order valence-electron chi connectivity index (χ4n) is 2.13. The summed E-state index contributed by atoms with van der Waals surface area (Å²) in [6, 6.07) is 3.94. The SMILES string of the molecule is CCC[Si](CCC)(CCCCCl)OC. The molecule has 3 heteroatoms. The normalized spacial score (nSPS) is 12.0. The average molecular weight is 237 g/mol. The van der Waals surface area contributed by atoms with E-state index in [-0.39, 0.29) is 0 Å². The van der Waals surface area contributed by atoms with Crippen LogP contribution in [-0.2, 0) is 4.43 Å². The largest absolute Gasteiger partial charge is 0.420 e. The molecule has 0 spiro atoms. The smallest absolute Gasteiger partial charge is 0.192 e. The Kier molecular flexibility index (Phi) is 9.04. The minimum absolute atomic E-state index is 0.798. The summed E-state index contributed by atoms with van der Waals surface area (Å²) < 4.78 is 5.86. The zero-order chi connectivity index (χ0) is 10.9. The second kappa shape index (κ2) is 8.75. The third-order valence-electron chi connectivity index (χ3n) is 2.86. The summed E-state index contributed by atoms with van der Waals surface area (Å²) in [5.41, 5.74) is 0. The van der Waals surface area contributed by atoms with Crippen LogP contribution in [0.2, 0.25) is 18.1 Å². The van der Waals surface area contributed by atoms with Crippen molar-refractivity contribution in [2.24, 2.45) is 0 Å². The van der Waals surface area contributed by atoms with Gasteiger partial charge in [-0.3, -0.25) is 0 Å². The van der Waals surface area contributed by atoms with Crippen molar-refractivity contribution in [3.05, 3.63) is 0 Å². The maximum Gasteiger partial charge on any atom is 0.192 e. The minimum Gasteiger partial charge on any atom is -0.420 e. The van der Waals surface area contributed by atoms with Crippen molar-refractivity contribution in [3.63, 3.8) is 0 Å². The van der Waals surface area contributed by atoms with Gasteiger partial charge in [-0.05, 0) is 24.6 Å². The molecule has 0 aromatic heterocycles. The summed E-state index contributed by atoms with van der Waals surface area (Å²) in [6.45, 7) is 4.52. The Balaban J connectivity index is 4.03. The molecule has 0 bridgehead atoms. The molecule has 0 N–H and O–H groups in total. The number of alkyl halides is 1. The fraction of sp³-hybridized carbons (Fsp3) is 1.00. The molecule has 0 aliphatic rings. The van der Waals surface area contributed by atoms with Crippen LogP contribution in [0.15, 0.2) is 0 Å². The van der Waals surface area contributed by atoms with E-state index in [1.54, 1.807) is 0 Å². The summed E-state index contributed by atoms with van der Waals surface area (Å²) in [5, 5.41) is 0. The van der Waals surface area contributed by atoms with Crippen molar-refractivity contribution in [1.82, 2.24) is 0 Å². The van der Waals surface area contributed by atoms with E-state index >= 15 is 0 Å². The standard InChI is InChI=1S/C11H25ClOSi/c1-4-9-14(13-3,10-5-2)11-7-6-8-12/h4-11H2,1-3H3. The van der Waals surface area contributed by atoms with Crippen molar-refractivity contribution in [3.8, 4) is 0 Å². The number of halogens is 1. The molecule has 86 valence electrons. The van der Waals surface area contributed by atoms with E-state index in [1.165, 1.54) is 37.4 Å². The lowest BCUT2D eigenvalue weighted by molar-refractivity contribution is 0.385. The topological polar surface area (TPSA) is 9.23 Å². The van der Waals surface area contributed by atoms with E-state index < -0.39 is 8.32 Å². The molecular weight excluding hydrogens is 212 g/mol. The van der Waals surface area contributed by atoms with Crippen molar-refractivity contribution < 1.29 is 4.43 Å². The highest BCUT2D eigenvalue weighted by molar-refractivity contribution is 6.73. The highest BCUT2D eigenvalue weighted by Crippen LogP contribution is 2.27. The van der Waals surface area contributed by atoms with Gasteiger partial charge >= 0.3 is 0 Å². The van der Waals surface area contributed by atoms with Crippen molar-refractivity contribution >= 4 is 19.9 Å². The van der Waals surface area contributed by atoms with E-state index in [9.17, 15) is 0 Å². The minimum atomic E-state index is -1.37. The van der Waals surface area contributed by atoms with Gasteiger partial charge in [0.1, 0.15) is 0 Å². The van der Waals surface area contributed by atoms with E-state index in [0.29, 0.717) is 0 Å². The van der Waals surface area contributed by atoms with E-state index in [4.69, 9.17) is 16.0 Å². The average Bonchev–Trinajstić information content (AvgIpc) is 2.19. The first kappa shape index (κ1) is 14.5. The van der Waals surface area contributed by atoms with Crippen molar-refractivity contribution in [2.75, 3.05) is 13.0 Å². The second-order valence-corrected chi connectivity index (χ2v) is 8.69. The van der Waals surface area contributed by atoms with Gasteiger partial charge in [0.05, 0.1) is 0 Å². The molecule has 0 rings (SSSR count). The molecular formula is C11H25ClOSi. The highest BCUT2D eigenvalue weighted by atomic mass is 35.5. The Morgan fingerprint density at radius 1 is 1.00 bits per heavy atom. The molecule has 0 aromatic carbocycles. The summed E-state index contributed by atoms with van der Waals surface area (Å²) in [5.74, 6) is 0.798. The summed E-state index contributed by atoms with van der Waals surface area (Å²) in [7, 11) is 0.550. The predicted molar refractivity (Wildman–Crippen MR) is 67.7 cm³/mol. The monoisotopic (exact) mass is 236 g/mol. The Labute approximate surface area is 95.3 Å². The summed E-state index contributed by atoms with van der Waals surface area (Å²) in [6.07, 6.45) is 4.93. The number of hydrogen-bond acceptors (Lipinski definition) is 1. The zero-order valence-electron chi connectivity index (χ0n) is 9.94. The van der Waals surface area contributed by atoms with Gasteiger partial charge in [0.25, 0.3) is 0 Å². The molecule has 0 saturated heterocycles. The first-order valence-corrected chi connectivity index (χ1v) is 8.92. The van der Waals surface area contributed by atoms with Gasteiger partial charge < -0.3 is 4.43 Å². The first-order chi connectivity index (χ1) is 6.74.